The van der Waals surface area contributed by atoms with E-state index in [0.717, 1.165) is 47.5 Å². The van der Waals surface area contributed by atoms with Gasteiger partial charge in [-0.15, -0.1) is 0 Å². The van der Waals surface area contributed by atoms with Gasteiger partial charge in [-0.05, 0) is 57.5 Å². The summed E-state index contributed by atoms with van der Waals surface area (Å²) in [4.78, 5) is 10.9. The summed E-state index contributed by atoms with van der Waals surface area (Å²) in [6.07, 6.45) is 5.83. The zero-order valence-corrected chi connectivity index (χ0v) is 14.9. The van der Waals surface area contributed by atoms with Crippen molar-refractivity contribution in [1.29, 1.82) is 0 Å². The molecule has 2 heterocycles. The molecule has 5 nitrogen and oxygen atoms in total. The lowest BCUT2D eigenvalue weighted by atomic mass is 10.1. The zero-order valence-electron chi connectivity index (χ0n) is 14.1. The molecule has 1 atom stereocenters. The van der Waals surface area contributed by atoms with Gasteiger partial charge in [0.05, 0.1) is 11.2 Å². The largest absolute Gasteiger partial charge is 0.302 e. The maximum Gasteiger partial charge on any atom is 0.116 e. The maximum absolute atomic E-state index is 12.8. The van der Waals surface area contributed by atoms with Crippen molar-refractivity contribution in [2.75, 3.05) is 31.6 Å². The van der Waals surface area contributed by atoms with E-state index in [9.17, 15) is 4.21 Å². The smallest absolute Gasteiger partial charge is 0.116 e. The predicted octanol–water partition coefficient (Wildman–Crippen LogP) is 3.07. The summed E-state index contributed by atoms with van der Waals surface area (Å²) >= 11 is 0. The van der Waals surface area contributed by atoms with Crippen LogP contribution in [0.2, 0.25) is 0 Å². The van der Waals surface area contributed by atoms with Crippen LogP contribution in [0, 0.1) is 13.8 Å². The van der Waals surface area contributed by atoms with Crippen LogP contribution in [0.5, 0.6) is 0 Å². The van der Waals surface area contributed by atoms with E-state index in [1.165, 1.54) is 12.8 Å². The van der Waals surface area contributed by atoms with Crippen molar-refractivity contribution in [3.05, 3.63) is 29.7 Å². The van der Waals surface area contributed by atoms with Crippen LogP contribution in [-0.4, -0.2) is 50.7 Å². The number of nitrogens with zero attached hydrogens (tertiary/aromatic N) is 4. The standard InChI is InChI=1S/C17H24N4OS/c1-13-10-15(11-16-17(13)14(2)18-12-19-16)20-23(3,22)9-8-21-6-4-5-7-21/h10-12H,4-9H2,1-3H3. The van der Waals surface area contributed by atoms with Crippen molar-refractivity contribution in [3.8, 4) is 0 Å². The fraction of sp³-hybridized carbons (Fsp3) is 0.529. The van der Waals surface area contributed by atoms with Gasteiger partial charge in [0, 0.05) is 39.4 Å². The second-order valence-electron chi connectivity index (χ2n) is 6.42. The molecular formula is C17H24N4OS. The highest BCUT2D eigenvalue weighted by Gasteiger charge is 2.13. The lowest BCUT2D eigenvalue weighted by Crippen LogP contribution is -2.25. The van der Waals surface area contributed by atoms with Crippen LogP contribution in [-0.2, 0) is 9.73 Å². The molecule has 3 rings (SSSR count). The third-order valence-corrected chi connectivity index (χ3v) is 5.93. The van der Waals surface area contributed by atoms with Crippen LogP contribution in [0.4, 0.5) is 5.69 Å². The number of benzene rings is 1. The van der Waals surface area contributed by atoms with E-state index >= 15 is 0 Å². The minimum absolute atomic E-state index is 0.618. The molecule has 1 aliphatic rings. The summed E-state index contributed by atoms with van der Waals surface area (Å²) in [5, 5.41) is 1.06. The van der Waals surface area contributed by atoms with E-state index < -0.39 is 9.73 Å². The van der Waals surface area contributed by atoms with E-state index in [1.54, 1.807) is 12.6 Å². The molecule has 23 heavy (non-hydrogen) atoms. The van der Waals surface area contributed by atoms with E-state index in [0.29, 0.717) is 5.75 Å². The molecule has 1 aromatic heterocycles. The number of likely N-dealkylation sites (tertiary alicyclic amines) is 1. The summed E-state index contributed by atoms with van der Waals surface area (Å²) in [6.45, 7) is 7.13. The molecule has 1 saturated heterocycles. The lowest BCUT2D eigenvalue weighted by molar-refractivity contribution is 0.360. The Morgan fingerprint density at radius 2 is 1.96 bits per heavy atom. The average Bonchev–Trinajstić information content (AvgIpc) is 2.98. The van der Waals surface area contributed by atoms with Gasteiger partial charge in [-0.2, -0.15) is 4.36 Å². The molecule has 1 unspecified atom stereocenters. The normalized spacial score (nSPS) is 18.2. The summed E-state index contributed by atoms with van der Waals surface area (Å²) < 4.78 is 17.3. The van der Waals surface area contributed by atoms with Gasteiger partial charge >= 0.3 is 0 Å². The zero-order chi connectivity index (χ0) is 16.4. The fourth-order valence-corrected chi connectivity index (χ4v) is 4.43. The molecule has 2 aromatic rings. The third-order valence-electron chi connectivity index (χ3n) is 4.39. The van der Waals surface area contributed by atoms with Gasteiger partial charge in [0.15, 0.2) is 0 Å². The van der Waals surface area contributed by atoms with Crippen molar-refractivity contribution in [1.82, 2.24) is 14.9 Å². The first kappa shape index (κ1) is 16.3. The molecule has 1 fully saturated rings. The van der Waals surface area contributed by atoms with Gasteiger partial charge in [-0.1, -0.05) is 0 Å². The first-order chi connectivity index (χ1) is 10.9. The molecule has 1 aliphatic heterocycles. The van der Waals surface area contributed by atoms with Crippen molar-refractivity contribution in [2.45, 2.75) is 26.7 Å². The van der Waals surface area contributed by atoms with E-state index in [1.807, 2.05) is 26.0 Å². The monoisotopic (exact) mass is 332 g/mol. The Labute approximate surface area is 138 Å². The van der Waals surface area contributed by atoms with Gasteiger partial charge < -0.3 is 4.90 Å². The number of hydrogen-bond acceptors (Lipinski definition) is 5. The number of aromatic nitrogens is 2. The number of fused-ring (bicyclic) bond motifs is 1. The molecule has 0 saturated carbocycles. The third kappa shape index (κ3) is 3.87. The second-order valence-corrected chi connectivity index (χ2v) is 8.93. The molecule has 0 aliphatic carbocycles. The lowest BCUT2D eigenvalue weighted by Gasteiger charge is -2.15. The molecule has 0 spiro atoms. The predicted molar refractivity (Wildman–Crippen MR) is 95.7 cm³/mol. The van der Waals surface area contributed by atoms with Crippen LogP contribution >= 0.6 is 0 Å². The number of rotatable bonds is 4. The Kier molecular flexibility index (Phi) is 4.64. The number of aryl methyl sites for hydroxylation is 2. The summed E-state index contributed by atoms with van der Waals surface area (Å²) in [6, 6.07) is 3.90. The van der Waals surface area contributed by atoms with Crippen LogP contribution in [0.25, 0.3) is 10.9 Å². The van der Waals surface area contributed by atoms with Gasteiger partial charge in [0.1, 0.15) is 6.33 Å². The van der Waals surface area contributed by atoms with Crippen molar-refractivity contribution in [2.24, 2.45) is 4.36 Å². The minimum atomic E-state index is -2.23. The quantitative estimate of drug-likeness (QED) is 0.863. The van der Waals surface area contributed by atoms with Crippen LogP contribution in [0.1, 0.15) is 24.1 Å². The Balaban J connectivity index is 1.88. The van der Waals surface area contributed by atoms with Crippen molar-refractivity contribution >= 4 is 26.3 Å². The SMILES string of the molecule is Cc1cc(N=S(C)(=O)CCN2CCCC2)cc2ncnc(C)c12. The fourth-order valence-electron chi connectivity index (χ4n) is 3.19. The van der Waals surface area contributed by atoms with Gasteiger partial charge in [0.2, 0.25) is 0 Å². The molecular weight excluding hydrogens is 308 g/mol. The summed E-state index contributed by atoms with van der Waals surface area (Å²) in [7, 11) is -2.23. The average molecular weight is 332 g/mol. The topological polar surface area (TPSA) is 58.5 Å². The van der Waals surface area contributed by atoms with E-state index in [4.69, 9.17) is 0 Å². The highest BCUT2D eigenvalue weighted by Crippen LogP contribution is 2.26. The molecule has 0 bridgehead atoms. The molecule has 124 valence electrons. The summed E-state index contributed by atoms with van der Waals surface area (Å²) in [5.41, 5.74) is 3.66. The van der Waals surface area contributed by atoms with Gasteiger partial charge in [-0.25, -0.2) is 14.2 Å². The summed E-state index contributed by atoms with van der Waals surface area (Å²) in [5.74, 6) is 0.618. The van der Waals surface area contributed by atoms with Crippen LogP contribution in [0.15, 0.2) is 22.8 Å². The van der Waals surface area contributed by atoms with Gasteiger partial charge in [-0.3, -0.25) is 0 Å². The first-order valence-corrected chi connectivity index (χ1v) is 10.2. The van der Waals surface area contributed by atoms with Crippen molar-refractivity contribution in [3.63, 3.8) is 0 Å². The molecule has 0 N–H and O–H groups in total. The maximum atomic E-state index is 12.8. The van der Waals surface area contributed by atoms with Crippen molar-refractivity contribution < 1.29 is 4.21 Å². The minimum Gasteiger partial charge on any atom is -0.302 e. The molecule has 6 heteroatoms. The molecule has 0 radical (unpaired) electrons. The first-order valence-electron chi connectivity index (χ1n) is 8.09. The van der Waals surface area contributed by atoms with Gasteiger partial charge in [0.25, 0.3) is 0 Å². The van der Waals surface area contributed by atoms with E-state index in [2.05, 4.69) is 19.2 Å². The Hall–Kier alpha value is -1.53. The van der Waals surface area contributed by atoms with E-state index in [-0.39, 0.29) is 0 Å². The highest BCUT2D eigenvalue weighted by molar-refractivity contribution is 7.93. The number of hydrogen-bond donors (Lipinski definition) is 0. The highest BCUT2D eigenvalue weighted by atomic mass is 32.2. The molecule has 0 amide bonds. The molecule has 1 aromatic carbocycles. The second kappa shape index (κ2) is 6.53. The Morgan fingerprint density at radius 3 is 2.70 bits per heavy atom. The Morgan fingerprint density at radius 1 is 1.22 bits per heavy atom. The Bertz CT molecular complexity index is 834. The van der Waals surface area contributed by atoms with Crippen LogP contribution < -0.4 is 0 Å². The van der Waals surface area contributed by atoms with Crippen LogP contribution in [0.3, 0.4) is 0 Å².